The number of alkyl halides is 1. The highest BCUT2D eigenvalue weighted by Gasteiger charge is 2.10. The van der Waals surface area contributed by atoms with Gasteiger partial charge in [0, 0.05) is 14.3 Å². The second kappa shape index (κ2) is 7.58. The van der Waals surface area contributed by atoms with Gasteiger partial charge in [-0.3, -0.25) is 0 Å². The lowest BCUT2D eigenvalue weighted by atomic mass is 10.1. The van der Waals surface area contributed by atoms with Gasteiger partial charge in [0.15, 0.2) is 0 Å². The standard InChI is InChI=1S/C15H13Br3O/c16-9-15(12-3-7-14(18)8-4-12)19-10-11-1-5-13(17)6-2-11/h1-8,15H,9-10H2. The maximum atomic E-state index is 5.97. The number of ether oxygens (including phenoxy) is 1. The summed E-state index contributed by atoms with van der Waals surface area (Å²) in [5, 5.41) is 0.783. The number of rotatable bonds is 5. The first-order valence-electron chi connectivity index (χ1n) is 5.86. The first kappa shape index (κ1) is 15.2. The Bertz CT molecular complexity index is 508. The van der Waals surface area contributed by atoms with E-state index in [0.29, 0.717) is 6.61 Å². The maximum absolute atomic E-state index is 5.97. The quantitative estimate of drug-likeness (QED) is 0.520. The van der Waals surface area contributed by atoms with Gasteiger partial charge in [0.25, 0.3) is 0 Å². The van der Waals surface area contributed by atoms with Crippen molar-refractivity contribution in [1.29, 1.82) is 0 Å². The van der Waals surface area contributed by atoms with Crippen molar-refractivity contribution in [2.45, 2.75) is 12.7 Å². The Hall–Kier alpha value is -0.160. The van der Waals surface area contributed by atoms with E-state index in [-0.39, 0.29) is 6.10 Å². The van der Waals surface area contributed by atoms with Crippen molar-refractivity contribution in [2.24, 2.45) is 0 Å². The maximum Gasteiger partial charge on any atom is 0.0926 e. The van der Waals surface area contributed by atoms with Crippen LogP contribution < -0.4 is 0 Å². The van der Waals surface area contributed by atoms with Crippen molar-refractivity contribution in [3.05, 3.63) is 68.6 Å². The highest BCUT2D eigenvalue weighted by molar-refractivity contribution is 9.10. The molecule has 2 rings (SSSR count). The van der Waals surface area contributed by atoms with Crippen molar-refractivity contribution in [1.82, 2.24) is 0 Å². The Morgan fingerprint density at radius 3 is 1.89 bits per heavy atom. The number of hydrogen-bond donors (Lipinski definition) is 0. The molecule has 0 amide bonds. The summed E-state index contributed by atoms with van der Waals surface area (Å²) in [6, 6.07) is 16.4. The fourth-order valence-corrected chi connectivity index (χ4v) is 2.77. The van der Waals surface area contributed by atoms with Crippen molar-refractivity contribution >= 4 is 47.8 Å². The molecule has 2 aromatic carbocycles. The number of hydrogen-bond acceptors (Lipinski definition) is 1. The van der Waals surface area contributed by atoms with Gasteiger partial charge in [0.05, 0.1) is 12.7 Å². The third-order valence-electron chi connectivity index (χ3n) is 2.75. The monoisotopic (exact) mass is 446 g/mol. The van der Waals surface area contributed by atoms with E-state index >= 15 is 0 Å². The van der Waals surface area contributed by atoms with Crippen LogP contribution in [0.4, 0.5) is 0 Å². The molecule has 1 nitrogen and oxygen atoms in total. The highest BCUT2D eigenvalue weighted by Crippen LogP contribution is 2.23. The summed E-state index contributed by atoms with van der Waals surface area (Å²) in [6.07, 6.45) is 0.0664. The molecule has 0 aliphatic heterocycles. The van der Waals surface area contributed by atoms with Crippen molar-refractivity contribution in [3.8, 4) is 0 Å². The molecule has 0 saturated carbocycles. The Balaban J connectivity index is 1.99. The van der Waals surface area contributed by atoms with Crippen molar-refractivity contribution < 1.29 is 4.74 Å². The Morgan fingerprint density at radius 1 is 0.842 bits per heavy atom. The van der Waals surface area contributed by atoms with E-state index in [9.17, 15) is 0 Å². The van der Waals surface area contributed by atoms with Crippen LogP contribution in [0, 0.1) is 0 Å². The molecule has 0 N–H and O–H groups in total. The molecule has 0 saturated heterocycles. The molecule has 0 radical (unpaired) electrons. The van der Waals surface area contributed by atoms with Gasteiger partial charge in [-0.25, -0.2) is 0 Å². The van der Waals surface area contributed by atoms with Crippen LogP contribution >= 0.6 is 47.8 Å². The normalized spacial score (nSPS) is 12.4. The van der Waals surface area contributed by atoms with E-state index in [0.717, 1.165) is 14.3 Å². The van der Waals surface area contributed by atoms with Crippen LogP contribution in [-0.2, 0) is 11.3 Å². The van der Waals surface area contributed by atoms with Crippen LogP contribution in [0.1, 0.15) is 17.2 Å². The number of halogens is 3. The predicted molar refractivity (Wildman–Crippen MR) is 89.6 cm³/mol. The average molecular weight is 449 g/mol. The lowest BCUT2D eigenvalue weighted by Crippen LogP contribution is -2.05. The molecule has 2 aromatic rings. The Kier molecular flexibility index (Phi) is 6.07. The van der Waals surface area contributed by atoms with Gasteiger partial charge in [-0.05, 0) is 35.4 Å². The lowest BCUT2D eigenvalue weighted by molar-refractivity contribution is 0.0566. The molecular formula is C15H13Br3O. The van der Waals surface area contributed by atoms with Crippen LogP contribution in [-0.4, -0.2) is 5.33 Å². The van der Waals surface area contributed by atoms with Crippen molar-refractivity contribution in [2.75, 3.05) is 5.33 Å². The van der Waals surface area contributed by atoms with Gasteiger partial charge in [-0.2, -0.15) is 0 Å². The summed E-state index contributed by atoms with van der Waals surface area (Å²) < 4.78 is 8.13. The SMILES string of the molecule is BrCC(OCc1ccc(Br)cc1)c1ccc(Br)cc1. The van der Waals surface area contributed by atoms with Crippen LogP contribution in [0.2, 0.25) is 0 Å². The minimum absolute atomic E-state index is 0.0664. The van der Waals surface area contributed by atoms with E-state index in [4.69, 9.17) is 4.74 Å². The molecule has 0 spiro atoms. The first-order chi connectivity index (χ1) is 9.19. The van der Waals surface area contributed by atoms with E-state index in [1.54, 1.807) is 0 Å². The van der Waals surface area contributed by atoms with Gasteiger partial charge < -0.3 is 4.74 Å². The van der Waals surface area contributed by atoms with E-state index in [1.807, 2.05) is 24.3 Å². The molecule has 0 aliphatic rings. The average Bonchev–Trinajstić information content (AvgIpc) is 2.43. The molecule has 100 valence electrons. The molecule has 4 heteroatoms. The fraction of sp³-hybridized carbons (Fsp3) is 0.200. The van der Waals surface area contributed by atoms with E-state index < -0.39 is 0 Å². The smallest absolute Gasteiger partial charge is 0.0926 e. The summed E-state index contributed by atoms with van der Waals surface area (Å²) in [4.78, 5) is 0. The molecule has 1 unspecified atom stereocenters. The molecular weight excluding hydrogens is 436 g/mol. The van der Waals surface area contributed by atoms with Crippen LogP contribution in [0.15, 0.2) is 57.5 Å². The van der Waals surface area contributed by atoms with Gasteiger partial charge in [-0.15, -0.1) is 0 Å². The molecule has 19 heavy (non-hydrogen) atoms. The number of benzene rings is 2. The zero-order valence-electron chi connectivity index (χ0n) is 10.2. The largest absolute Gasteiger partial charge is 0.368 e. The summed E-state index contributed by atoms with van der Waals surface area (Å²) in [5.41, 5.74) is 2.35. The van der Waals surface area contributed by atoms with Crippen LogP contribution in [0.25, 0.3) is 0 Å². The van der Waals surface area contributed by atoms with E-state index in [2.05, 4.69) is 72.1 Å². The summed E-state index contributed by atoms with van der Waals surface area (Å²) in [6.45, 7) is 0.611. The molecule has 0 heterocycles. The van der Waals surface area contributed by atoms with Crippen molar-refractivity contribution in [3.63, 3.8) is 0 Å². The predicted octanol–water partition coefficient (Wildman–Crippen LogP) is 5.86. The van der Waals surface area contributed by atoms with Gasteiger partial charge in [0.1, 0.15) is 0 Å². The Morgan fingerprint density at radius 2 is 1.37 bits per heavy atom. The highest BCUT2D eigenvalue weighted by atomic mass is 79.9. The summed E-state index contributed by atoms with van der Waals surface area (Å²) in [7, 11) is 0. The molecule has 0 bridgehead atoms. The summed E-state index contributed by atoms with van der Waals surface area (Å²) >= 11 is 10.4. The fourth-order valence-electron chi connectivity index (χ4n) is 1.68. The van der Waals surface area contributed by atoms with Crippen LogP contribution in [0.3, 0.4) is 0 Å². The third-order valence-corrected chi connectivity index (χ3v) is 4.39. The minimum atomic E-state index is 0.0664. The zero-order valence-corrected chi connectivity index (χ0v) is 14.9. The Labute approximate surface area is 138 Å². The molecule has 0 fully saturated rings. The molecule has 0 aromatic heterocycles. The van der Waals surface area contributed by atoms with Gasteiger partial charge in [0.2, 0.25) is 0 Å². The van der Waals surface area contributed by atoms with E-state index in [1.165, 1.54) is 11.1 Å². The van der Waals surface area contributed by atoms with Gasteiger partial charge in [-0.1, -0.05) is 72.1 Å². The third kappa shape index (κ3) is 4.71. The lowest BCUT2D eigenvalue weighted by Gasteiger charge is -2.16. The van der Waals surface area contributed by atoms with Crippen LogP contribution in [0.5, 0.6) is 0 Å². The van der Waals surface area contributed by atoms with Gasteiger partial charge >= 0.3 is 0 Å². The minimum Gasteiger partial charge on any atom is -0.368 e. The molecule has 1 atom stereocenters. The second-order valence-electron chi connectivity index (χ2n) is 4.13. The molecule has 0 aliphatic carbocycles. The second-order valence-corrected chi connectivity index (χ2v) is 6.61. The topological polar surface area (TPSA) is 9.23 Å². The summed E-state index contributed by atoms with van der Waals surface area (Å²) in [5.74, 6) is 0. The first-order valence-corrected chi connectivity index (χ1v) is 8.57. The zero-order chi connectivity index (χ0) is 13.7.